The van der Waals surface area contributed by atoms with Gasteiger partial charge in [-0.25, -0.2) is 4.79 Å². The lowest BCUT2D eigenvalue weighted by molar-refractivity contribution is 0.151. The summed E-state index contributed by atoms with van der Waals surface area (Å²) in [6.45, 7) is 1.52. The number of ether oxygens (including phenoxy) is 4. The van der Waals surface area contributed by atoms with Crippen LogP contribution in [-0.4, -0.2) is 31.6 Å². The Kier molecular flexibility index (Phi) is 4.19. The van der Waals surface area contributed by atoms with E-state index in [0.717, 1.165) is 37.2 Å². The summed E-state index contributed by atoms with van der Waals surface area (Å²) in [4.78, 5) is 12.2. The van der Waals surface area contributed by atoms with Crippen molar-refractivity contribution in [2.24, 2.45) is 0 Å². The molecule has 2 saturated heterocycles. The van der Waals surface area contributed by atoms with Gasteiger partial charge in [-0.05, 0) is 23.3 Å². The Bertz CT molecular complexity index is 673. The quantitative estimate of drug-likeness (QED) is 0.464. The lowest BCUT2D eigenvalue weighted by Gasteiger charge is -2.11. The van der Waals surface area contributed by atoms with Crippen molar-refractivity contribution in [1.82, 2.24) is 0 Å². The van der Waals surface area contributed by atoms with Crippen molar-refractivity contribution in [3.63, 3.8) is 0 Å². The van der Waals surface area contributed by atoms with Gasteiger partial charge in [-0.15, -0.1) is 0 Å². The molecular weight excluding hydrogens is 308 g/mol. The van der Waals surface area contributed by atoms with Gasteiger partial charge in [-0.3, -0.25) is 0 Å². The second kappa shape index (κ2) is 6.63. The van der Waals surface area contributed by atoms with Crippen molar-refractivity contribution in [2.75, 3.05) is 13.2 Å². The minimum atomic E-state index is -0.733. The Balaban J connectivity index is 1.43. The zero-order valence-electron chi connectivity index (χ0n) is 13.1. The first kappa shape index (κ1) is 15.2. The molecule has 0 aliphatic carbocycles. The smallest absolute Gasteiger partial charge is 0.394 e. The monoisotopic (exact) mass is 326 g/mol. The maximum Gasteiger partial charge on any atom is 0.519 e. The molecule has 5 nitrogen and oxygen atoms in total. The van der Waals surface area contributed by atoms with Crippen LogP contribution in [0.3, 0.4) is 0 Å². The van der Waals surface area contributed by atoms with Gasteiger partial charge in [-0.1, -0.05) is 36.4 Å². The fourth-order valence-corrected chi connectivity index (χ4v) is 2.61. The molecule has 0 bridgehead atoms. The van der Waals surface area contributed by atoms with Gasteiger partial charge < -0.3 is 18.9 Å². The normalized spacial score (nSPS) is 21.2. The first-order valence-electron chi connectivity index (χ1n) is 8.06. The van der Waals surface area contributed by atoms with E-state index in [-0.39, 0.29) is 12.2 Å². The van der Waals surface area contributed by atoms with Crippen LogP contribution in [0.15, 0.2) is 48.5 Å². The van der Waals surface area contributed by atoms with Crippen molar-refractivity contribution in [3.8, 4) is 11.5 Å². The van der Waals surface area contributed by atoms with E-state index in [1.165, 1.54) is 0 Å². The third-order valence-electron chi connectivity index (χ3n) is 4.03. The van der Waals surface area contributed by atoms with Gasteiger partial charge in [0.2, 0.25) is 0 Å². The standard InChI is InChI=1S/C19H18O5/c20-19(23-17-7-3-1-5-13(17)9-15-11-21-15)24-18-8-4-2-6-14(18)10-16-12-22-16/h1-8,15-16H,9-12H2. The average molecular weight is 326 g/mol. The topological polar surface area (TPSA) is 60.6 Å². The van der Waals surface area contributed by atoms with Crippen LogP contribution in [0.25, 0.3) is 0 Å². The lowest BCUT2D eigenvalue weighted by Crippen LogP contribution is -2.16. The third-order valence-corrected chi connectivity index (χ3v) is 4.03. The molecule has 2 aromatic rings. The van der Waals surface area contributed by atoms with Gasteiger partial charge in [-0.2, -0.15) is 0 Å². The van der Waals surface area contributed by atoms with Gasteiger partial charge in [0, 0.05) is 12.8 Å². The molecule has 2 fully saturated rings. The Morgan fingerprint density at radius 2 is 1.25 bits per heavy atom. The summed E-state index contributed by atoms with van der Waals surface area (Å²) in [5.74, 6) is 1.03. The molecule has 124 valence electrons. The van der Waals surface area contributed by atoms with Gasteiger partial charge in [0.25, 0.3) is 0 Å². The Morgan fingerprint density at radius 1 is 0.833 bits per heavy atom. The number of hydrogen-bond donors (Lipinski definition) is 0. The molecule has 2 heterocycles. The maximum atomic E-state index is 12.2. The lowest BCUT2D eigenvalue weighted by atomic mass is 10.1. The molecule has 0 saturated carbocycles. The summed E-state index contributed by atoms with van der Waals surface area (Å²) in [7, 11) is 0. The second-order valence-electron chi connectivity index (χ2n) is 5.99. The van der Waals surface area contributed by atoms with Crippen LogP contribution in [0.4, 0.5) is 4.79 Å². The van der Waals surface area contributed by atoms with E-state index in [1.807, 2.05) is 36.4 Å². The van der Waals surface area contributed by atoms with E-state index in [9.17, 15) is 4.79 Å². The molecule has 0 aromatic heterocycles. The van der Waals surface area contributed by atoms with E-state index in [1.54, 1.807) is 12.1 Å². The van der Waals surface area contributed by atoms with Crippen LogP contribution in [0.2, 0.25) is 0 Å². The van der Waals surface area contributed by atoms with E-state index >= 15 is 0 Å². The number of carbonyl (C=O) groups excluding carboxylic acids is 1. The summed E-state index contributed by atoms with van der Waals surface area (Å²) in [6, 6.07) is 14.9. The molecular formula is C19H18O5. The van der Waals surface area contributed by atoms with Crippen LogP contribution >= 0.6 is 0 Å². The van der Waals surface area contributed by atoms with E-state index in [0.29, 0.717) is 11.5 Å². The summed E-state index contributed by atoms with van der Waals surface area (Å²) in [5.41, 5.74) is 1.88. The van der Waals surface area contributed by atoms with Crippen molar-refractivity contribution in [1.29, 1.82) is 0 Å². The predicted molar refractivity (Wildman–Crippen MR) is 86.4 cm³/mol. The van der Waals surface area contributed by atoms with E-state index in [2.05, 4.69) is 0 Å². The highest BCUT2D eigenvalue weighted by Gasteiger charge is 2.26. The molecule has 2 unspecified atom stereocenters. The van der Waals surface area contributed by atoms with Gasteiger partial charge in [0.1, 0.15) is 11.5 Å². The fraction of sp³-hybridized carbons (Fsp3) is 0.316. The summed E-state index contributed by atoms with van der Waals surface area (Å²) in [5, 5.41) is 0. The van der Waals surface area contributed by atoms with Gasteiger partial charge >= 0.3 is 6.16 Å². The molecule has 4 rings (SSSR count). The number of para-hydroxylation sites is 2. The second-order valence-corrected chi connectivity index (χ2v) is 5.99. The number of epoxide rings is 2. The molecule has 2 atom stereocenters. The van der Waals surface area contributed by atoms with Crippen LogP contribution < -0.4 is 9.47 Å². The van der Waals surface area contributed by atoms with Crippen LogP contribution in [0.1, 0.15) is 11.1 Å². The zero-order chi connectivity index (χ0) is 16.4. The molecule has 0 spiro atoms. The first-order valence-corrected chi connectivity index (χ1v) is 8.06. The molecule has 5 heteroatoms. The van der Waals surface area contributed by atoms with Crippen LogP contribution in [0.5, 0.6) is 11.5 Å². The minimum Gasteiger partial charge on any atom is -0.394 e. The Morgan fingerprint density at radius 3 is 1.67 bits per heavy atom. The number of rotatable bonds is 6. The molecule has 2 aliphatic heterocycles. The molecule has 24 heavy (non-hydrogen) atoms. The molecule has 0 N–H and O–H groups in total. The van der Waals surface area contributed by atoms with Gasteiger partial charge in [0.15, 0.2) is 0 Å². The zero-order valence-corrected chi connectivity index (χ0v) is 13.1. The van der Waals surface area contributed by atoms with Crippen molar-refractivity contribution >= 4 is 6.16 Å². The molecule has 0 amide bonds. The van der Waals surface area contributed by atoms with Gasteiger partial charge in [0.05, 0.1) is 25.4 Å². The Hall–Kier alpha value is -2.37. The van der Waals surface area contributed by atoms with Crippen molar-refractivity contribution in [2.45, 2.75) is 25.0 Å². The molecule has 2 aliphatic rings. The van der Waals surface area contributed by atoms with Crippen LogP contribution in [0, 0.1) is 0 Å². The third kappa shape index (κ3) is 3.93. The number of benzene rings is 2. The first-order chi connectivity index (χ1) is 11.8. The number of carbonyl (C=O) groups is 1. The maximum absolute atomic E-state index is 12.2. The summed E-state index contributed by atoms with van der Waals surface area (Å²) >= 11 is 0. The van der Waals surface area contributed by atoms with Crippen molar-refractivity contribution < 1.29 is 23.7 Å². The molecule has 0 radical (unpaired) electrons. The van der Waals surface area contributed by atoms with E-state index in [4.69, 9.17) is 18.9 Å². The highest BCUT2D eigenvalue weighted by Crippen LogP contribution is 2.27. The minimum absolute atomic E-state index is 0.227. The predicted octanol–water partition coefficient (Wildman–Crippen LogP) is 3.15. The highest BCUT2D eigenvalue weighted by atomic mass is 16.7. The fourth-order valence-electron chi connectivity index (χ4n) is 2.61. The highest BCUT2D eigenvalue weighted by molar-refractivity contribution is 5.68. The Labute approximate surface area is 140 Å². The summed E-state index contributed by atoms with van der Waals surface area (Å²) < 4.78 is 21.3. The SMILES string of the molecule is O=C(Oc1ccccc1CC1CO1)Oc1ccccc1CC1CO1. The largest absolute Gasteiger partial charge is 0.519 e. The average Bonchev–Trinajstić information content (AvgIpc) is 3.47. The van der Waals surface area contributed by atoms with Crippen LogP contribution in [-0.2, 0) is 22.3 Å². The van der Waals surface area contributed by atoms with E-state index < -0.39 is 6.16 Å². The van der Waals surface area contributed by atoms with Crippen molar-refractivity contribution in [3.05, 3.63) is 59.7 Å². The number of hydrogen-bond acceptors (Lipinski definition) is 5. The summed E-state index contributed by atoms with van der Waals surface area (Å²) in [6.07, 6.45) is 1.19. The molecule has 2 aromatic carbocycles.